The minimum absolute atomic E-state index is 0.631. The largest absolute Gasteiger partial charge is 0.396 e. The van der Waals surface area contributed by atoms with Crippen molar-refractivity contribution >= 4 is 11.6 Å². The third kappa shape index (κ3) is 1.94. The first-order valence-electron chi connectivity index (χ1n) is 4.04. The average Bonchev–Trinajstić information content (AvgIpc) is 2.23. The Morgan fingerprint density at radius 2 is 1.47 bits per heavy atom. The van der Waals surface area contributed by atoms with Crippen LogP contribution < -0.4 is 0 Å². The topological polar surface area (TPSA) is 20.2 Å². The lowest BCUT2D eigenvalue weighted by atomic mass is 10.0. The van der Waals surface area contributed by atoms with Gasteiger partial charge in [0.15, 0.2) is 23.3 Å². The summed E-state index contributed by atoms with van der Waals surface area (Å²) >= 11 is 5.02. The van der Waals surface area contributed by atoms with Crippen LogP contribution in [0.25, 0.3) is 0 Å². The molecule has 0 aromatic heterocycles. The number of hydrogen-bond donors (Lipinski definition) is 1. The molecule has 6 heteroatoms. The van der Waals surface area contributed by atoms with Crippen molar-refractivity contribution in [2.24, 2.45) is 0 Å². The van der Waals surface area contributed by atoms with Crippen LogP contribution in [-0.2, 0) is 0 Å². The highest BCUT2D eigenvalue weighted by Gasteiger charge is 2.26. The van der Waals surface area contributed by atoms with E-state index in [-0.39, 0.29) is 0 Å². The number of hydrogen-bond acceptors (Lipinski definition) is 1. The first kappa shape index (κ1) is 12.3. The molecule has 0 spiro atoms. The maximum atomic E-state index is 13.2. The van der Waals surface area contributed by atoms with Gasteiger partial charge in [0.25, 0.3) is 0 Å². The fraction of sp³-hybridized carbons (Fsp3) is 0.333. The highest BCUT2D eigenvalue weighted by molar-refractivity contribution is 6.30. The molecule has 0 bridgehead atoms. The maximum absolute atomic E-state index is 13.2. The van der Waals surface area contributed by atoms with Crippen LogP contribution in [0, 0.1) is 23.3 Å². The molecular weight excluding hydrogens is 236 g/mol. The van der Waals surface area contributed by atoms with Crippen molar-refractivity contribution in [3.8, 4) is 0 Å². The molecule has 0 aliphatic carbocycles. The molecule has 1 aromatic rings. The standard InChI is InChI=1S/C9H7ClF4O/c1-3(2-15)4-6(11)8(13)5(10)9(14)7(4)12/h3,15H,2H2,1H3. The summed E-state index contributed by atoms with van der Waals surface area (Å²) in [6, 6.07) is 0. The molecule has 1 N–H and O–H groups in total. The third-order valence-corrected chi connectivity index (χ3v) is 2.34. The summed E-state index contributed by atoms with van der Waals surface area (Å²) < 4.78 is 52.2. The van der Waals surface area contributed by atoms with Crippen LogP contribution in [0.1, 0.15) is 18.4 Å². The van der Waals surface area contributed by atoms with E-state index >= 15 is 0 Å². The summed E-state index contributed by atoms with van der Waals surface area (Å²) in [6.45, 7) is 0.600. The Hall–Kier alpha value is -0.810. The zero-order chi connectivity index (χ0) is 11.7. The maximum Gasteiger partial charge on any atom is 0.180 e. The number of aliphatic hydroxyl groups is 1. The summed E-state index contributed by atoms with van der Waals surface area (Å²) in [6.07, 6.45) is 0. The number of benzene rings is 1. The molecule has 15 heavy (non-hydrogen) atoms. The molecule has 1 rings (SSSR count). The van der Waals surface area contributed by atoms with Crippen molar-refractivity contribution in [2.75, 3.05) is 6.61 Å². The zero-order valence-electron chi connectivity index (χ0n) is 7.62. The highest BCUT2D eigenvalue weighted by Crippen LogP contribution is 2.31. The molecule has 1 unspecified atom stereocenters. The Kier molecular flexibility index (Phi) is 3.57. The zero-order valence-corrected chi connectivity index (χ0v) is 8.38. The van der Waals surface area contributed by atoms with Gasteiger partial charge in [-0.15, -0.1) is 0 Å². The molecule has 0 aliphatic heterocycles. The van der Waals surface area contributed by atoms with Crippen molar-refractivity contribution in [2.45, 2.75) is 12.8 Å². The van der Waals surface area contributed by atoms with Gasteiger partial charge in [-0.1, -0.05) is 18.5 Å². The van der Waals surface area contributed by atoms with Crippen molar-refractivity contribution in [3.63, 3.8) is 0 Å². The molecule has 0 saturated carbocycles. The van der Waals surface area contributed by atoms with Crippen LogP contribution in [0.5, 0.6) is 0 Å². The second-order valence-corrected chi connectivity index (χ2v) is 3.45. The van der Waals surface area contributed by atoms with Gasteiger partial charge in [0.1, 0.15) is 5.02 Å². The number of aliphatic hydroxyl groups excluding tert-OH is 1. The van der Waals surface area contributed by atoms with Gasteiger partial charge in [-0.05, 0) is 0 Å². The smallest absolute Gasteiger partial charge is 0.180 e. The van der Waals surface area contributed by atoms with E-state index in [1.165, 1.54) is 6.92 Å². The van der Waals surface area contributed by atoms with Crippen LogP contribution in [-0.4, -0.2) is 11.7 Å². The van der Waals surface area contributed by atoms with E-state index in [0.29, 0.717) is 0 Å². The monoisotopic (exact) mass is 242 g/mol. The van der Waals surface area contributed by atoms with E-state index in [9.17, 15) is 17.6 Å². The molecule has 0 saturated heterocycles. The Labute approximate surface area is 88.3 Å². The molecule has 0 heterocycles. The minimum atomic E-state index is -1.65. The summed E-state index contributed by atoms with van der Waals surface area (Å²) in [7, 11) is 0. The quantitative estimate of drug-likeness (QED) is 0.480. The molecule has 1 nitrogen and oxygen atoms in total. The predicted molar refractivity (Wildman–Crippen MR) is 46.8 cm³/mol. The van der Waals surface area contributed by atoms with Crippen LogP contribution in [0.4, 0.5) is 17.6 Å². The van der Waals surface area contributed by atoms with Gasteiger partial charge in [-0.2, -0.15) is 0 Å². The van der Waals surface area contributed by atoms with Crippen LogP contribution in [0.2, 0.25) is 5.02 Å². The van der Waals surface area contributed by atoms with E-state index in [4.69, 9.17) is 16.7 Å². The molecule has 0 fully saturated rings. The van der Waals surface area contributed by atoms with E-state index < -0.39 is 46.4 Å². The number of halogens is 5. The van der Waals surface area contributed by atoms with Gasteiger partial charge >= 0.3 is 0 Å². The molecule has 1 atom stereocenters. The van der Waals surface area contributed by atoms with Crippen molar-refractivity contribution in [1.29, 1.82) is 0 Å². The lowest BCUT2D eigenvalue weighted by molar-refractivity contribution is 0.265. The molecule has 0 aliphatic rings. The van der Waals surface area contributed by atoms with E-state index in [1.807, 2.05) is 0 Å². The Balaban J connectivity index is 3.52. The summed E-state index contributed by atoms with van der Waals surface area (Å²) in [4.78, 5) is 0. The van der Waals surface area contributed by atoms with Crippen molar-refractivity contribution in [3.05, 3.63) is 33.9 Å². The third-order valence-electron chi connectivity index (χ3n) is 2.01. The average molecular weight is 243 g/mol. The van der Waals surface area contributed by atoms with Crippen molar-refractivity contribution < 1.29 is 22.7 Å². The minimum Gasteiger partial charge on any atom is -0.396 e. The Morgan fingerprint density at radius 3 is 1.80 bits per heavy atom. The summed E-state index contributed by atoms with van der Waals surface area (Å²) in [5, 5.41) is 7.45. The van der Waals surface area contributed by atoms with Gasteiger partial charge in [0.05, 0.1) is 0 Å². The van der Waals surface area contributed by atoms with E-state index in [1.54, 1.807) is 0 Å². The lowest BCUT2D eigenvalue weighted by Crippen LogP contribution is -2.10. The lowest BCUT2D eigenvalue weighted by Gasteiger charge is -2.12. The Bertz CT molecular complexity index is 365. The fourth-order valence-electron chi connectivity index (χ4n) is 1.15. The van der Waals surface area contributed by atoms with Crippen LogP contribution >= 0.6 is 11.6 Å². The van der Waals surface area contributed by atoms with Gasteiger partial charge in [-0.25, -0.2) is 17.6 Å². The first-order valence-corrected chi connectivity index (χ1v) is 4.41. The molecule has 84 valence electrons. The van der Waals surface area contributed by atoms with Crippen molar-refractivity contribution in [1.82, 2.24) is 0 Å². The molecule has 1 aromatic carbocycles. The first-order chi connectivity index (χ1) is 6.91. The van der Waals surface area contributed by atoms with Gasteiger partial charge < -0.3 is 5.11 Å². The molecular formula is C9H7ClF4O. The summed E-state index contributed by atoms with van der Waals surface area (Å²) in [5.41, 5.74) is -0.836. The van der Waals surface area contributed by atoms with E-state index in [0.717, 1.165) is 0 Å². The van der Waals surface area contributed by atoms with Gasteiger partial charge in [0.2, 0.25) is 0 Å². The van der Waals surface area contributed by atoms with Crippen LogP contribution in [0.3, 0.4) is 0 Å². The second kappa shape index (κ2) is 4.37. The highest BCUT2D eigenvalue weighted by atomic mass is 35.5. The number of rotatable bonds is 2. The normalized spacial score (nSPS) is 13.0. The summed E-state index contributed by atoms with van der Waals surface area (Å²) in [5.74, 6) is -7.48. The van der Waals surface area contributed by atoms with E-state index in [2.05, 4.69) is 0 Å². The fourth-order valence-corrected chi connectivity index (χ4v) is 1.31. The predicted octanol–water partition coefficient (Wildman–Crippen LogP) is 2.99. The molecule has 0 radical (unpaired) electrons. The SMILES string of the molecule is CC(CO)c1c(F)c(F)c(Cl)c(F)c1F. The van der Waals surface area contributed by atoms with Gasteiger partial charge in [0, 0.05) is 18.1 Å². The second-order valence-electron chi connectivity index (χ2n) is 3.07. The Morgan fingerprint density at radius 1 is 1.07 bits per heavy atom. The van der Waals surface area contributed by atoms with Crippen LogP contribution in [0.15, 0.2) is 0 Å². The molecule has 0 amide bonds. The van der Waals surface area contributed by atoms with Gasteiger partial charge in [-0.3, -0.25) is 0 Å².